The number of hydrogen-bond acceptors (Lipinski definition) is 6. The van der Waals surface area contributed by atoms with Crippen molar-refractivity contribution in [3.63, 3.8) is 0 Å². The molecule has 1 saturated heterocycles. The van der Waals surface area contributed by atoms with Crippen molar-refractivity contribution in [2.24, 2.45) is 0 Å². The SMILES string of the molecule is Cc1cc(C)n(-c2ccc(C(=O)Nc3nc(CN4CC(C)OC(C)C4)cs3)cc2)n1. The summed E-state index contributed by atoms with van der Waals surface area (Å²) in [6.45, 7) is 10.7. The molecule has 1 aliphatic heterocycles. The lowest BCUT2D eigenvalue weighted by Crippen LogP contribution is -2.44. The number of nitrogens with zero attached hydrogens (tertiary/aromatic N) is 4. The highest BCUT2D eigenvalue weighted by Gasteiger charge is 2.23. The fraction of sp³-hybridized carbons (Fsp3) is 0.409. The normalized spacial score (nSPS) is 19.7. The molecule has 158 valence electrons. The number of aromatic nitrogens is 3. The molecule has 2 aromatic heterocycles. The van der Waals surface area contributed by atoms with Crippen molar-refractivity contribution < 1.29 is 9.53 Å². The van der Waals surface area contributed by atoms with Gasteiger partial charge in [0.15, 0.2) is 5.13 Å². The Morgan fingerprint density at radius 3 is 2.53 bits per heavy atom. The third-order valence-corrected chi connectivity index (χ3v) is 5.84. The molecule has 8 heteroatoms. The van der Waals surface area contributed by atoms with Gasteiger partial charge in [-0.3, -0.25) is 15.0 Å². The van der Waals surface area contributed by atoms with Gasteiger partial charge in [0.1, 0.15) is 0 Å². The first-order valence-corrected chi connectivity index (χ1v) is 11.0. The van der Waals surface area contributed by atoms with E-state index in [4.69, 9.17) is 4.74 Å². The largest absolute Gasteiger partial charge is 0.373 e. The van der Waals surface area contributed by atoms with E-state index in [1.54, 1.807) is 0 Å². The molecule has 0 saturated carbocycles. The number of aryl methyl sites for hydroxylation is 2. The highest BCUT2D eigenvalue weighted by atomic mass is 32.1. The summed E-state index contributed by atoms with van der Waals surface area (Å²) in [7, 11) is 0. The minimum absolute atomic E-state index is 0.163. The van der Waals surface area contributed by atoms with E-state index in [0.29, 0.717) is 10.7 Å². The van der Waals surface area contributed by atoms with Gasteiger partial charge in [-0.15, -0.1) is 11.3 Å². The van der Waals surface area contributed by atoms with Crippen LogP contribution in [0.4, 0.5) is 5.13 Å². The molecule has 4 rings (SSSR count). The molecule has 1 amide bonds. The van der Waals surface area contributed by atoms with Gasteiger partial charge < -0.3 is 4.74 Å². The predicted molar refractivity (Wildman–Crippen MR) is 118 cm³/mol. The van der Waals surface area contributed by atoms with Crippen LogP contribution < -0.4 is 5.32 Å². The maximum absolute atomic E-state index is 12.6. The number of thiazole rings is 1. The lowest BCUT2D eigenvalue weighted by Gasteiger charge is -2.34. The van der Waals surface area contributed by atoms with Crippen LogP contribution in [0.1, 0.15) is 41.3 Å². The van der Waals surface area contributed by atoms with Crippen molar-refractivity contribution in [2.45, 2.75) is 46.4 Å². The molecule has 1 aliphatic rings. The fourth-order valence-corrected chi connectivity index (χ4v) is 4.59. The van der Waals surface area contributed by atoms with Gasteiger partial charge in [-0.25, -0.2) is 9.67 Å². The number of carbonyl (C=O) groups excluding carboxylic acids is 1. The van der Waals surface area contributed by atoms with E-state index in [-0.39, 0.29) is 18.1 Å². The Kier molecular flexibility index (Phi) is 5.99. The summed E-state index contributed by atoms with van der Waals surface area (Å²) in [6.07, 6.45) is 0.452. The zero-order chi connectivity index (χ0) is 21.3. The molecule has 1 fully saturated rings. The number of benzene rings is 1. The number of rotatable bonds is 5. The van der Waals surface area contributed by atoms with E-state index in [1.807, 2.05) is 54.2 Å². The summed E-state index contributed by atoms with van der Waals surface area (Å²) in [4.78, 5) is 19.6. The Balaban J connectivity index is 1.38. The Morgan fingerprint density at radius 2 is 1.90 bits per heavy atom. The molecule has 2 unspecified atom stereocenters. The first-order valence-electron chi connectivity index (χ1n) is 10.1. The van der Waals surface area contributed by atoms with Crippen molar-refractivity contribution in [2.75, 3.05) is 18.4 Å². The Bertz CT molecular complexity index is 1020. The van der Waals surface area contributed by atoms with Crippen molar-refractivity contribution in [1.82, 2.24) is 19.7 Å². The van der Waals surface area contributed by atoms with Gasteiger partial charge in [0.2, 0.25) is 0 Å². The average Bonchev–Trinajstić information content (AvgIpc) is 3.26. The van der Waals surface area contributed by atoms with Gasteiger partial charge in [-0.1, -0.05) is 0 Å². The second-order valence-corrected chi connectivity index (χ2v) is 8.79. The summed E-state index contributed by atoms with van der Waals surface area (Å²) in [5, 5.41) is 10.0. The van der Waals surface area contributed by atoms with Crippen LogP contribution in [0.25, 0.3) is 5.69 Å². The molecule has 0 spiro atoms. The molecular weight excluding hydrogens is 398 g/mol. The lowest BCUT2D eigenvalue weighted by atomic mass is 10.2. The zero-order valence-electron chi connectivity index (χ0n) is 17.8. The summed E-state index contributed by atoms with van der Waals surface area (Å²) >= 11 is 1.45. The third-order valence-electron chi connectivity index (χ3n) is 5.04. The minimum Gasteiger partial charge on any atom is -0.373 e. The van der Waals surface area contributed by atoms with E-state index in [9.17, 15) is 4.79 Å². The topological polar surface area (TPSA) is 72.3 Å². The zero-order valence-corrected chi connectivity index (χ0v) is 18.6. The van der Waals surface area contributed by atoms with Gasteiger partial charge in [0, 0.05) is 36.3 Å². The number of carbonyl (C=O) groups is 1. The molecule has 2 atom stereocenters. The Labute approximate surface area is 180 Å². The first-order chi connectivity index (χ1) is 14.4. The van der Waals surface area contributed by atoms with Gasteiger partial charge in [-0.05, 0) is 58.0 Å². The van der Waals surface area contributed by atoms with E-state index in [2.05, 4.69) is 34.1 Å². The monoisotopic (exact) mass is 425 g/mol. The summed E-state index contributed by atoms with van der Waals surface area (Å²) in [6, 6.07) is 9.46. The van der Waals surface area contributed by atoms with Crippen LogP contribution in [0.3, 0.4) is 0 Å². The fourth-order valence-electron chi connectivity index (χ4n) is 3.89. The average molecular weight is 426 g/mol. The van der Waals surface area contributed by atoms with E-state index >= 15 is 0 Å². The van der Waals surface area contributed by atoms with Crippen LogP contribution in [-0.4, -0.2) is 50.9 Å². The number of hydrogen-bond donors (Lipinski definition) is 1. The van der Waals surface area contributed by atoms with Crippen LogP contribution in [0.2, 0.25) is 0 Å². The molecule has 3 aromatic rings. The smallest absolute Gasteiger partial charge is 0.257 e. The summed E-state index contributed by atoms with van der Waals surface area (Å²) < 4.78 is 7.66. The molecule has 30 heavy (non-hydrogen) atoms. The lowest BCUT2D eigenvalue weighted by molar-refractivity contribution is -0.0707. The van der Waals surface area contributed by atoms with Gasteiger partial charge in [0.05, 0.1) is 29.3 Å². The van der Waals surface area contributed by atoms with Gasteiger partial charge >= 0.3 is 0 Å². The first kappa shape index (κ1) is 20.7. The number of morpholine rings is 1. The molecule has 0 bridgehead atoms. The molecule has 1 N–H and O–H groups in total. The highest BCUT2D eigenvalue weighted by Crippen LogP contribution is 2.20. The van der Waals surface area contributed by atoms with Crippen molar-refractivity contribution in [1.29, 1.82) is 0 Å². The predicted octanol–water partition coefficient (Wildman–Crippen LogP) is 3.81. The molecule has 7 nitrogen and oxygen atoms in total. The highest BCUT2D eigenvalue weighted by molar-refractivity contribution is 7.13. The maximum Gasteiger partial charge on any atom is 0.257 e. The van der Waals surface area contributed by atoms with Crippen LogP contribution in [0, 0.1) is 13.8 Å². The van der Waals surface area contributed by atoms with Crippen molar-refractivity contribution in [3.05, 3.63) is 58.4 Å². The number of nitrogens with one attached hydrogen (secondary N) is 1. The molecule has 1 aromatic carbocycles. The minimum atomic E-state index is -0.163. The van der Waals surface area contributed by atoms with Crippen molar-refractivity contribution in [3.8, 4) is 5.69 Å². The van der Waals surface area contributed by atoms with Gasteiger partial charge in [-0.2, -0.15) is 5.10 Å². The van der Waals surface area contributed by atoms with E-state index in [1.165, 1.54) is 11.3 Å². The number of anilines is 1. The number of amides is 1. The van der Waals surface area contributed by atoms with Crippen molar-refractivity contribution >= 4 is 22.4 Å². The molecule has 3 heterocycles. The van der Waals surface area contributed by atoms with E-state index < -0.39 is 0 Å². The molecular formula is C22H27N5O2S. The van der Waals surface area contributed by atoms with Crippen LogP contribution in [-0.2, 0) is 11.3 Å². The summed E-state index contributed by atoms with van der Waals surface area (Å²) in [5.74, 6) is -0.163. The van der Waals surface area contributed by atoms with Crippen LogP contribution >= 0.6 is 11.3 Å². The Hall–Kier alpha value is -2.55. The quantitative estimate of drug-likeness (QED) is 0.673. The standard InChI is InChI=1S/C22H27N5O2S/c1-14-9-15(2)27(25-14)20-7-5-18(6-8-20)21(28)24-22-23-19(13-30-22)12-26-10-16(3)29-17(4)11-26/h5-9,13,16-17H,10-12H2,1-4H3,(H,23,24,28). The summed E-state index contributed by atoms with van der Waals surface area (Å²) in [5.41, 5.74) is 4.52. The second-order valence-electron chi connectivity index (χ2n) is 7.94. The number of ether oxygens (including phenoxy) is 1. The molecule has 0 aliphatic carbocycles. The third kappa shape index (κ3) is 4.77. The maximum atomic E-state index is 12.6. The molecule has 0 radical (unpaired) electrons. The van der Waals surface area contributed by atoms with Crippen LogP contribution in [0.5, 0.6) is 0 Å². The van der Waals surface area contributed by atoms with Crippen LogP contribution in [0.15, 0.2) is 35.7 Å². The van der Waals surface area contributed by atoms with E-state index in [0.717, 1.165) is 42.4 Å². The second kappa shape index (κ2) is 8.67. The van der Waals surface area contributed by atoms with Gasteiger partial charge in [0.25, 0.3) is 5.91 Å². The Morgan fingerprint density at radius 1 is 1.20 bits per heavy atom.